The first-order valence-electron chi connectivity index (χ1n) is 5.88. The topological polar surface area (TPSA) is 54.7 Å². The predicted octanol–water partition coefficient (Wildman–Crippen LogP) is 2.63. The van der Waals surface area contributed by atoms with Crippen molar-refractivity contribution in [3.63, 3.8) is 0 Å². The Balaban J connectivity index is 2.25. The van der Waals surface area contributed by atoms with E-state index in [2.05, 4.69) is 42.2 Å². The van der Waals surface area contributed by atoms with Crippen molar-refractivity contribution >= 4 is 10.9 Å². The molecule has 1 aliphatic carbocycles. The van der Waals surface area contributed by atoms with Crippen LogP contribution in [0.4, 0.5) is 0 Å². The molecule has 0 aliphatic heterocycles. The van der Waals surface area contributed by atoms with Crippen molar-refractivity contribution in [3.05, 3.63) is 29.5 Å². The molecule has 0 bridgehead atoms. The van der Waals surface area contributed by atoms with Gasteiger partial charge < -0.3 is 5.73 Å². The van der Waals surface area contributed by atoms with Gasteiger partial charge in [-0.1, -0.05) is 32.0 Å². The molecule has 0 unspecified atom stereocenters. The number of nitrogens with zero attached hydrogens (tertiary/aromatic N) is 1. The number of fused-ring (bicyclic) bond motifs is 1. The molecule has 3 heteroatoms. The fourth-order valence-corrected chi connectivity index (χ4v) is 2.30. The van der Waals surface area contributed by atoms with Gasteiger partial charge in [0, 0.05) is 22.2 Å². The lowest BCUT2D eigenvalue weighted by Gasteiger charge is -2.09. The van der Waals surface area contributed by atoms with Gasteiger partial charge in [-0.25, -0.2) is 0 Å². The molecule has 1 aromatic carbocycles. The van der Waals surface area contributed by atoms with Crippen LogP contribution in [0.1, 0.15) is 43.9 Å². The van der Waals surface area contributed by atoms with Crippen LogP contribution in [0.15, 0.2) is 18.2 Å². The van der Waals surface area contributed by atoms with Gasteiger partial charge in [0.2, 0.25) is 0 Å². The second-order valence-corrected chi connectivity index (χ2v) is 5.15. The first kappa shape index (κ1) is 9.85. The van der Waals surface area contributed by atoms with E-state index < -0.39 is 0 Å². The Morgan fingerprint density at radius 1 is 1.38 bits per heavy atom. The molecule has 1 fully saturated rings. The number of nitrogens with one attached hydrogen (secondary N) is 1. The Bertz CT molecular complexity index is 535. The normalized spacial score (nSPS) is 18.2. The summed E-state index contributed by atoms with van der Waals surface area (Å²) in [5, 5.41) is 8.82. The summed E-state index contributed by atoms with van der Waals surface area (Å²) in [6, 6.07) is 6.33. The first-order chi connectivity index (χ1) is 7.62. The van der Waals surface area contributed by atoms with E-state index in [1.165, 1.54) is 16.6 Å². The van der Waals surface area contributed by atoms with E-state index in [1.807, 2.05) is 0 Å². The standard InChI is InChI=1S/C13H17N3/c1-8(2)11-9-4-3-5-10(12(9)16-15-11)13(14)6-7-13/h3-5,8H,6-7,14H2,1-2H3,(H,15,16). The SMILES string of the molecule is CC(C)c1[nH]nc2c(C3(N)CC3)cccc12. The van der Waals surface area contributed by atoms with Gasteiger partial charge >= 0.3 is 0 Å². The monoisotopic (exact) mass is 215 g/mol. The summed E-state index contributed by atoms with van der Waals surface area (Å²) in [6.07, 6.45) is 2.16. The molecule has 84 valence electrons. The third-order valence-electron chi connectivity index (χ3n) is 3.52. The summed E-state index contributed by atoms with van der Waals surface area (Å²) in [5.74, 6) is 0.466. The molecule has 1 aliphatic rings. The highest BCUT2D eigenvalue weighted by molar-refractivity contribution is 5.86. The highest BCUT2D eigenvalue weighted by atomic mass is 15.1. The van der Waals surface area contributed by atoms with Gasteiger partial charge in [0.15, 0.2) is 0 Å². The lowest BCUT2D eigenvalue weighted by molar-refractivity contribution is 0.745. The van der Waals surface area contributed by atoms with Crippen molar-refractivity contribution in [3.8, 4) is 0 Å². The molecule has 0 spiro atoms. The van der Waals surface area contributed by atoms with Crippen molar-refractivity contribution in [1.29, 1.82) is 0 Å². The lowest BCUT2D eigenvalue weighted by atomic mass is 9.99. The fourth-order valence-electron chi connectivity index (χ4n) is 2.30. The summed E-state index contributed by atoms with van der Waals surface area (Å²) in [6.45, 7) is 4.35. The van der Waals surface area contributed by atoms with Crippen molar-refractivity contribution in [2.24, 2.45) is 5.73 Å². The number of benzene rings is 1. The van der Waals surface area contributed by atoms with Crippen molar-refractivity contribution in [2.45, 2.75) is 38.1 Å². The van der Waals surface area contributed by atoms with Crippen molar-refractivity contribution < 1.29 is 0 Å². The zero-order chi connectivity index (χ0) is 11.3. The van der Waals surface area contributed by atoms with E-state index >= 15 is 0 Å². The molecule has 1 aromatic heterocycles. The van der Waals surface area contributed by atoms with E-state index in [4.69, 9.17) is 5.73 Å². The fraction of sp³-hybridized carbons (Fsp3) is 0.462. The van der Waals surface area contributed by atoms with Crippen LogP contribution >= 0.6 is 0 Å². The van der Waals surface area contributed by atoms with Crippen LogP contribution in [0.5, 0.6) is 0 Å². The van der Waals surface area contributed by atoms with Gasteiger partial charge in [-0.15, -0.1) is 0 Å². The summed E-state index contributed by atoms with van der Waals surface area (Å²) in [5.41, 5.74) is 9.63. The van der Waals surface area contributed by atoms with Crippen molar-refractivity contribution in [2.75, 3.05) is 0 Å². The Labute approximate surface area is 95.0 Å². The molecule has 16 heavy (non-hydrogen) atoms. The van der Waals surface area contributed by atoms with Gasteiger partial charge in [0.05, 0.1) is 5.52 Å². The number of hydrogen-bond acceptors (Lipinski definition) is 2. The van der Waals surface area contributed by atoms with Gasteiger partial charge in [0.25, 0.3) is 0 Å². The molecule has 0 radical (unpaired) electrons. The Morgan fingerprint density at radius 3 is 2.75 bits per heavy atom. The van der Waals surface area contributed by atoms with Gasteiger partial charge in [-0.05, 0) is 18.8 Å². The molecule has 0 atom stereocenters. The number of aromatic nitrogens is 2. The average Bonchev–Trinajstić information content (AvgIpc) is 2.85. The quantitative estimate of drug-likeness (QED) is 0.809. The summed E-state index contributed by atoms with van der Waals surface area (Å²) >= 11 is 0. The van der Waals surface area contributed by atoms with E-state index in [0.717, 1.165) is 18.4 Å². The van der Waals surface area contributed by atoms with Crippen molar-refractivity contribution in [1.82, 2.24) is 10.2 Å². The Hall–Kier alpha value is -1.35. The second kappa shape index (κ2) is 3.08. The van der Waals surface area contributed by atoms with E-state index in [0.29, 0.717) is 5.92 Å². The summed E-state index contributed by atoms with van der Waals surface area (Å²) in [4.78, 5) is 0. The van der Waals surface area contributed by atoms with E-state index in [-0.39, 0.29) is 5.54 Å². The van der Waals surface area contributed by atoms with E-state index in [9.17, 15) is 0 Å². The molecule has 3 rings (SSSR count). The number of H-pyrrole nitrogens is 1. The molecule has 1 heterocycles. The second-order valence-electron chi connectivity index (χ2n) is 5.15. The summed E-state index contributed by atoms with van der Waals surface area (Å²) < 4.78 is 0. The minimum absolute atomic E-state index is 0.108. The molecule has 1 saturated carbocycles. The maximum atomic E-state index is 6.27. The van der Waals surface area contributed by atoms with Crippen LogP contribution in [0.2, 0.25) is 0 Å². The maximum Gasteiger partial charge on any atom is 0.0974 e. The molecule has 3 N–H and O–H groups in total. The zero-order valence-corrected chi connectivity index (χ0v) is 9.75. The highest BCUT2D eigenvalue weighted by Gasteiger charge is 2.41. The van der Waals surface area contributed by atoms with Crippen LogP contribution in [-0.4, -0.2) is 10.2 Å². The molecule has 0 saturated heterocycles. The highest BCUT2D eigenvalue weighted by Crippen LogP contribution is 2.45. The minimum Gasteiger partial charge on any atom is -0.321 e. The molecule has 3 nitrogen and oxygen atoms in total. The number of rotatable bonds is 2. The molecule has 2 aromatic rings. The maximum absolute atomic E-state index is 6.27. The molecule has 0 amide bonds. The number of para-hydroxylation sites is 1. The van der Waals surface area contributed by atoms with Gasteiger partial charge in [-0.2, -0.15) is 5.10 Å². The van der Waals surface area contributed by atoms with Crippen LogP contribution in [0.25, 0.3) is 10.9 Å². The third kappa shape index (κ3) is 1.28. The van der Waals surface area contributed by atoms with Crippen LogP contribution in [-0.2, 0) is 5.54 Å². The Morgan fingerprint density at radius 2 is 2.12 bits per heavy atom. The molecular weight excluding hydrogens is 198 g/mol. The number of hydrogen-bond donors (Lipinski definition) is 2. The minimum atomic E-state index is -0.108. The van der Waals surface area contributed by atoms with E-state index in [1.54, 1.807) is 0 Å². The Kier molecular flexibility index (Phi) is 1.89. The zero-order valence-electron chi connectivity index (χ0n) is 9.75. The average molecular weight is 215 g/mol. The largest absolute Gasteiger partial charge is 0.321 e. The van der Waals surface area contributed by atoms with Crippen LogP contribution in [0, 0.1) is 0 Å². The number of aromatic amines is 1. The van der Waals surface area contributed by atoms with Crippen LogP contribution in [0.3, 0.4) is 0 Å². The number of nitrogens with two attached hydrogens (primary N) is 1. The van der Waals surface area contributed by atoms with Crippen LogP contribution < -0.4 is 5.73 Å². The van der Waals surface area contributed by atoms with Gasteiger partial charge in [-0.3, -0.25) is 5.10 Å². The van der Waals surface area contributed by atoms with Gasteiger partial charge in [0.1, 0.15) is 0 Å². The predicted molar refractivity (Wildman–Crippen MR) is 65.3 cm³/mol. The summed E-state index contributed by atoms with van der Waals surface area (Å²) in [7, 11) is 0. The smallest absolute Gasteiger partial charge is 0.0974 e. The lowest BCUT2D eigenvalue weighted by Crippen LogP contribution is -2.18. The third-order valence-corrected chi connectivity index (χ3v) is 3.52. The molecular formula is C13H17N3. The first-order valence-corrected chi connectivity index (χ1v) is 5.88.